The quantitative estimate of drug-likeness (QED) is 0.515. The Kier molecular flexibility index (Phi) is 4.50. The molecule has 5 nitrogen and oxygen atoms in total. The number of nitrogens with zero attached hydrogens (tertiary/aromatic N) is 3. The van der Waals surface area contributed by atoms with Crippen molar-refractivity contribution >= 4 is 28.5 Å². The summed E-state index contributed by atoms with van der Waals surface area (Å²) in [6.07, 6.45) is 5.45. The van der Waals surface area contributed by atoms with E-state index in [9.17, 15) is 4.39 Å². The number of H-pyrrole nitrogens is 1. The lowest BCUT2D eigenvalue weighted by molar-refractivity contribution is 0.571. The molecule has 130 valence electrons. The molecule has 7 heteroatoms. The zero-order chi connectivity index (χ0) is 17.9. The van der Waals surface area contributed by atoms with Gasteiger partial charge in [-0.25, -0.2) is 15.0 Å². The summed E-state index contributed by atoms with van der Waals surface area (Å²) in [6.45, 7) is 0.544. The molecule has 2 N–H and O–H groups in total. The molecule has 0 amide bonds. The third-order valence-corrected chi connectivity index (χ3v) is 4.39. The summed E-state index contributed by atoms with van der Waals surface area (Å²) in [4.78, 5) is 15.3. The van der Waals surface area contributed by atoms with E-state index in [2.05, 4.69) is 25.3 Å². The highest BCUT2D eigenvalue weighted by Gasteiger charge is 2.10. The van der Waals surface area contributed by atoms with Crippen LogP contribution in [0.2, 0.25) is 5.02 Å². The van der Waals surface area contributed by atoms with Crippen LogP contribution in [-0.2, 0) is 13.0 Å². The number of rotatable bonds is 5. The van der Waals surface area contributed by atoms with E-state index in [-0.39, 0.29) is 0 Å². The number of aromatic nitrogens is 4. The van der Waals surface area contributed by atoms with Crippen LogP contribution in [0.5, 0.6) is 0 Å². The average Bonchev–Trinajstić information content (AvgIpc) is 3.06. The molecule has 4 rings (SSSR count). The fraction of sp³-hybridized carbons (Fsp3) is 0.105. The van der Waals surface area contributed by atoms with Gasteiger partial charge in [0.25, 0.3) is 0 Å². The molecule has 3 heterocycles. The molecule has 0 unspecified atom stereocenters. The Hall–Kier alpha value is -2.99. The van der Waals surface area contributed by atoms with Crippen molar-refractivity contribution in [1.82, 2.24) is 19.9 Å². The van der Waals surface area contributed by atoms with E-state index in [1.165, 1.54) is 6.33 Å². The molecule has 0 bridgehead atoms. The molecule has 0 aliphatic rings. The van der Waals surface area contributed by atoms with Crippen molar-refractivity contribution in [2.75, 3.05) is 5.32 Å². The first-order valence-electron chi connectivity index (χ1n) is 8.09. The van der Waals surface area contributed by atoms with Gasteiger partial charge in [0.2, 0.25) is 5.95 Å². The fourth-order valence-electron chi connectivity index (χ4n) is 2.75. The third kappa shape index (κ3) is 3.50. The Morgan fingerprint density at radius 1 is 1.08 bits per heavy atom. The van der Waals surface area contributed by atoms with Crippen LogP contribution in [0.15, 0.2) is 55.1 Å². The largest absolute Gasteiger partial charge is 0.366 e. The van der Waals surface area contributed by atoms with Crippen molar-refractivity contribution < 1.29 is 4.39 Å². The van der Waals surface area contributed by atoms with Gasteiger partial charge in [0, 0.05) is 41.3 Å². The van der Waals surface area contributed by atoms with Crippen LogP contribution in [0.1, 0.15) is 16.7 Å². The van der Waals surface area contributed by atoms with Crippen LogP contribution in [0, 0.1) is 5.95 Å². The van der Waals surface area contributed by atoms with Gasteiger partial charge in [-0.1, -0.05) is 29.8 Å². The summed E-state index contributed by atoms with van der Waals surface area (Å²) in [6, 6.07) is 11.0. The molecular weight excluding hydrogens is 353 g/mol. The SMILES string of the molecule is Fc1nc(NCc2ccc(Cl)cc2)ccc1Cc1c[nH]c2ncncc12. The summed E-state index contributed by atoms with van der Waals surface area (Å²) in [5, 5.41) is 4.69. The minimum atomic E-state index is -0.489. The minimum Gasteiger partial charge on any atom is -0.366 e. The number of fused-ring (bicyclic) bond motifs is 1. The van der Waals surface area contributed by atoms with Gasteiger partial charge in [0.05, 0.1) is 0 Å². The first-order valence-corrected chi connectivity index (χ1v) is 8.46. The van der Waals surface area contributed by atoms with Crippen molar-refractivity contribution in [1.29, 1.82) is 0 Å². The maximum absolute atomic E-state index is 14.4. The van der Waals surface area contributed by atoms with E-state index >= 15 is 0 Å². The third-order valence-electron chi connectivity index (χ3n) is 4.14. The van der Waals surface area contributed by atoms with Crippen molar-refractivity contribution in [3.8, 4) is 0 Å². The molecule has 4 aromatic rings. The molecule has 1 aromatic carbocycles. The van der Waals surface area contributed by atoms with Crippen molar-refractivity contribution in [2.45, 2.75) is 13.0 Å². The average molecular weight is 368 g/mol. The Morgan fingerprint density at radius 3 is 2.73 bits per heavy atom. The van der Waals surface area contributed by atoms with Crippen molar-refractivity contribution in [3.05, 3.63) is 82.8 Å². The van der Waals surface area contributed by atoms with Gasteiger partial charge in [-0.2, -0.15) is 4.39 Å². The van der Waals surface area contributed by atoms with Gasteiger partial charge in [-0.05, 0) is 29.3 Å². The maximum Gasteiger partial charge on any atom is 0.218 e. The standard InChI is InChI=1S/C19H15ClFN5/c20-15-4-1-12(2-5-15)8-23-17-6-3-13(18(21)26-17)7-14-9-24-19-16(14)10-22-11-25-19/h1-6,9-11H,7-8H2,(H,23,26)(H,22,24,25). The number of aromatic amines is 1. The Labute approximate surface area is 154 Å². The number of nitrogens with one attached hydrogen (secondary N) is 2. The van der Waals surface area contributed by atoms with Gasteiger partial charge in [-0.3, -0.25) is 0 Å². The minimum absolute atomic E-state index is 0.420. The molecule has 0 aliphatic heterocycles. The van der Waals surface area contributed by atoms with E-state index in [4.69, 9.17) is 11.6 Å². The molecular formula is C19H15ClFN5. The predicted molar refractivity (Wildman–Crippen MR) is 99.7 cm³/mol. The normalized spacial score (nSPS) is 11.0. The van der Waals surface area contributed by atoms with Crippen molar-refractivity contribution in [2.24, 2.45) is 0 Å². The zero-order valence-corrected chi connectivity index (χ0v) is 14.5. The lowest BCUT2D eigenvalue weighted by Crippen LogP contribution is -2.04. The Balaban J connectivity index is 1.48. The number of hydrogen-bond acceptors (Lipinski definition) is 4. The summed E-state index contributed by atoms with van der Waals surface area (Å²) >= 11 is 5.87. The number of anilines is 1. The molecule has 0 spiro atoms. The van der Waals surface area contributed by atoms with E-state index < -0.39 is 5.95 Å². The van der Waals surface area contributed by atoms with Gasteiger partial charge in [0.1, 0.15) is 17.8 Å². The lowest BCUT2D eigenvalue weighted by atomic mass is 10.1. The Morgan fingerprint density at radius 2 is 1.92 bits per heavy atom. The summed E-state index contributed by atoms with van der Waals surface area (Å²) in [5.41, 5.74) is 3.24. The van der Waals surface area contributed by atoms with E-state index in [1.54, 1.807) is 18.3 Å². The first kappa shape index (κ1) is 16.5. The second kappa shape index (κ2) is 7.09. The van der Waals surface area contributed by atoms with Gasteiger partial charge >= 0.3 is 0 Å². The fourth-order valence-corrected chi connectivity index (χ4v) is 2.88. The van der Waals surface area contributed by atoms with E-state index in [1.807, 2.05) is 30.5 Å². The molecule has 0 atom stereocenters. The molecule has 0 saturated carbocycles. The smallest absolute Gasteiger partial charge is 0.218 e. The summed E-state index contributed by atoms with van der Waals surface area (Å²) in [7, 11) is 0. The number of hydrogen-bond donors (Lipinski definition) is 2. The lowest BCUT2D eigenvalue weighted by Gasteiger charge is -2.08. The summed E-state index contributed by atoms with van der Waals surface area (Å²) < 4.78 is 14.4. The van der Waals surface area contributed by atoms with Gasteiger partial charge in [0.15, 0.2) is 0 Å². The molecule has 0 saturated heterocycles. The number of halogens is 2. The highest BCUT2D eigenvalue weighted by Crippen LogP contribution is 2.21. The monoisotopic (exact) mass is 367 g/mol. The van der Waals surface area contributed by atoms with Crippen molar-refractivity contribution in [3.63, 3.8) is 0 Å². The Bertz CT molecular complexity index is 1050. The topological polar surface area (TPSA) is 66.5 Å². The van der Waals surface area contributed by atoms with Crippen LogP contribution in [0.4, 0.5) is 10.2 Å². The molecule has 26 heavy (non-hydrogen) atoms. The highest BCUT2D eigenvalue weighted by atomic mass is 35.5. The molecule has 0 aliphatic carbocycles. The molecule has 0 radical (unpaired) electrons. The highest BCUT2D eigenvalue weighted by molar-refractivity contribution is 6.30. The predicted octanol–water partition coefficient (Wildman–Crippen LogP) is 4.35. The number of benzene rings is 1. The van der Waals surface area contributed by atoms with E-state index in [0.717, 1.165) is 22.2 Å². The second-order valence-corrected chi connectivity index (χ2v) is 6.34. The van der Waals surface area contributed by atoms with Crippen LogP contribution < -0.4 is 5.32 Å². The number of pyridine rings is 1. The molecule has 0 fully saturated rings. The van der Waals surface area contributed by atoms with Crippen LogP contribution >= 0.6 is 11.6 Å². The van der Waals surface area contributed by atoms with Gasteiger partial charge < -0.3 is 10.3 Å². The van der Waals surface area contributed by atoms with E-state index in [0.29, 0.717) is 29.4 Å². The van der Waals surface area contributed by atoms with Gasteiger partial charge in [-0.15, -0.1) is 0 Å². The summed E-state index contributed by atoms with van der Waals surface area (Å²) in [5.74, 6) is 0.000709. The first-order chi connectivity index (χ1) is 12.7. The zero-order valence-electron chi connectivity index (χ0n) is 13.7. The maximum atomic E-state index is 14.4. The van der Waals surface area contributed by atoms with Crippen LogP contribution in [-0.4, -0.2) is 19.9 Å². The molecule has 3 aromatic heterocycles. The van der Waals surface area contributed by atoms with Crippen LogP contribution in [0.3, 0.4) is 0 Å². The second-order valence-electron chi connectivity index (χ2n) is 5.90. The van der Waals surface area contributed by atoms with Crippen LogP contribution in [0.25, 0.3) is 11.0 Å².